The molecule has 2 rings (SSSR count). The number of rotatable bonds is 8. The van der Waals surface area contributed by atoms with Crippen LogP contribution in [0.3, 0.4) is 0 Å². The number of ether oxygens (including phenoxy) is 2. The van der Waals surface area contributed by atoms with Crippen LogP contribution in [0.2, 0.25) is 0 Å². The third-order valence-corrected chi connectivity index (χ3v) is 3.49. The van der Waals surface area contributed by atoms with E-state index in [1.54, 1.807) is 6.20 Å². The van der Waals surface area contributed by atoms with E-state index in [4.69, 9.17) is 9.47 Å². The normalized spacial score (nSPS) is 26.7. The van der Waals surface area contributed by atoms with Crippen LogP contribution in [0, 0.1) is 0 Å². The van der Waals surface area contributed by atoms with E-state index < -0.39 is 5.79 Å². The number of unbranched alkanes of at least 4 members (excludes halogenated alkanes) is 2. The second kappa shape index (κ2) is 6.87. The van der Waals surface area contributed by atoms with E-state index in [-0.39, 0.29) is 6.10 Å². The lowest BCUT2D eigenvalue weighted by atomic mass is 10.1. The molecule has 1 fully saturated rings. The molecule has 1 saturated heterocycles. The summed E-state index contributed by atoms with van der Waals surface area (Å²) in [5.74, 6) is -0.483. The van der Waals surface area contributed by atoms with Crippen molar-refractivity contribution in [2.24, 2.45) is 0 Å². The third-order valence-electron chi connectivity index (χ3n) is 3.49. The molecule has 0 spiro atoms. The van der Waals surface area contributed by atoms with Gasteiger partial charge in [-0.25, -0.2) is 4.98 Å². The molecule has 2 atom stereocenters. The topological polar surface area (TPSA) is 36.3 Å². The van der Waals surface area contributed by atoms with Crippen LogP contribution in [0.1, 0.15) is 39.0 Å². The standard InChI is InChI=1S/C15H24N2O2/c1-3-5-6-8-15(12-17-10-9-16-13-17)18-11-14(19-15)7-4-2/h4,9-10,13-14H,2-3,5-8,11-12H2,1H3. The van der Waals surface area contributed by atoms with Crippen molar-refractivity contribution >= 4 is 0 Å². The molecule has 1 aliphatic rings. The van der Waals surface area contributed by atoms with E-state index >= 15 is 0 Å². The fraction of sp³-hybridized carbons (Fsp3) is 0.667. The highest BCUT2D eigenvalue weighted by Crippen LogP contribution is 2.32. The maximum absolute atomic E-state index is 6.17. The van der Waals surface area contributed by atoms with Gasteiger partial charge in [-0.3, -0.25) is 0 Å². The summed E-state index contributed by atoms with van der Waals surface area (Å²) in [7, 11) is 0. The Morgan fingerprint density at radius 2 is 2.42 bits per heavy atom. The van der Waals surface area contributed by atoms with Gasteiger partial charge in [0.1, 0.15) is 0 Å². The van der Waals surface area contributed by atoms with Gasteiger partial charge in [-0.05, 0) is 12.8 Å². The largest absolute Gasteiger partial charge is 0.345 e. The lowest BCUT2D eigenvalue weighted by Crippen LogP contribution is -2.36. The zero-order chi connectivity index (χ0) is 13.6. The molecule has 0 radical (unpaired) electrons. The number of imidazole rings is 1. The summed E-state index contributed by atoms with van der Waals surface area (Å²) < 4.78 is 14.2. The second-order valence-electron chi connectivity index (χ2n) is 5.18. The summed E-state index contributed by atoms with van der Waals surface area (Å²) >= 11 is 0. The van der Waals surface area contributed by atoms with Crippen molar-refractivity contribution in [3.05, 3.63) is 31.4 Å². The van der Waals surface area contributed by atoms with Gasteiger partial charge in [0.2, 0.25) is 0 Å². The molecule has 4 nitrogen and oxygen atoms in total. The van der Waals surface area contributed by atoms with Gasteiger partial charge in [0.15, 0.2) is 5.79 Å². The van der Waals surface area contributed by atoms with E-state index in [1.165, 1.54) is 12.8 Å². The number of hydrogen-bond donors (Lipinski definition) is 0. The first-order valence-electron chi connectivity index (χ1n) is 7.16. The van der Waals surface area contributed by atoms with Crippen LogP contribution < -0.4 is 0 Å². The quantitative estimate of drug-likeness (QED) is 0.534. The molecule has 1 aromatic heterocycles. The molecule has 0 saturated carbocycles. The Bertz CT molecular complexity index is 378. The molecule has 0 aromatic carbocycles. The maximum atomic E-state index is 6.17. The van der Waals surface area contributed by atoms with Crippen molar-refractivity contribution in [1.29, 1.82) is 0 Å². The lowest BCUT2D eigenvalue weighted by molar-refractivity contribution is -0.183. The van der Waals surface area contributed by atoms with Gasteiger partial charge in [0, 0.05) is 18.8 Å². The molecule has 106 valence electrons. The Balaban J connectivity index is 1.98. The van der Waals surface area contributed by atoms with E-state index in [0.29, 0.717) is 13.2 Å². The average molecular weight is 264 g/mol. The van der Waals surface area contributed by atoms with Gasteiger partial charge in [-0.15, -0.1) is 6.58 Å². The third kappa shape index (κ3) is 3.91. The SMILES string of the molecule is C=CCC1COC(CCCCC)(Cn2ccnc2)O1. The van der Waals surface area contributed by atoms with Gasteiger partial charge < -0.3 is 14.0 Å². The molecular weight excluding hydrogens is 240 g/mol. The first kappa shape index (κ1) is 14.3. The smallest absolute Gasteiger partial charge is 0.186 e. The van der Waals surface area contributed by atoms with Crippen LogP contribution in [0.4, 0.5) is 0 Å². The summed E-state index contributed by atoms with van der Waals surface area (Å²) in [6.07, 6.45) is 12.9. The van der Waals surface area contributed by atoms with Crippen molar-refractivity contribution in [2.75, 3.05) is 6.61 Å². The number of aromatic nitrogens is 2. The average Bonchev–Trinajstić information content (AvgIpc) is 3.02. The molecule has 0 bridgehead atoms. The summed E-state index contributed by atoms with van der Waals surface area (Å²) in [5, 5.41) is 0. The summed E-state index contributed by atoms with van der Waals surface area (Å²) in [6, 6.07) is 0. The van der Waals surface area contributed by atoms with E-state index in [9.17, 15) is 0 Å². The Hall–Kier alpha value is -1.13. The van der Waals surface area contributed by atoms with Crippen LogP contribution >= 0.6 is 0 Å². The van der Waals surface area contributed by atoms with Gasteiger partial charge in [-0.2, -0.15) is 0 Å². The van der Waals surface area contributed by atoms with E-state index in [0.717, 1.165) is 19.3 Å². The van der Waals surface area contributed by atoms with Crippen molar-refractivity contribution in [1.82, 2.24) is 9.55 Å². The molecule has 1 aromatic rings. The maximum Gasteiger partial charge on any atom is 0.186 e. The first-order chi connectivity index (χ1) is 9.28. The molecule has 2 heterocycles. The zero-order valence-electron chi connectivity index (χ0n) is 11.8. The number of nitrogens with zero attached hydrogens (tertiary/aromatic N) is 2. The fourth-order valence-electron chi connectivity index (χ4n) is 2.51. The van der Waals surface area contributed by atoms with Crippen LogP contribution in [0.5, 0.6) is 0 Å². The molecule has 0 N–H and O–H groups in total. The molecule has 0 amide bonds. The van der Waals surface area contributed by atoms with Crippen LogP contribution in [0.15, 0.2) is 31.4 Å². The molecular formula is C15H24N2O2. The minimum atomic E-state index is -0.483. The van der Waals surface area contributed by atoms with Crippen LogP contribution in [0.25, 0.3) is 0 Å². The van der Waals surface area contributed by atoms with Crippen molar-refractivity contribution in [2.45, 2.75) is 57.5 Å². The predicted octanol–water partition coefficient (Wildman–Crippen LogP) is 3.15. The molecule has 1 aliphatic heterocycles. The minimum Gasteiger partial charge on any atom is -0.345 e. The predicted molar refractivity (Wildman–Crippen MR) is 74.7 cm³/mol. The van der Waals surface area contributed by atoms with Gasteiger partial charge in [0.05, 0.1) is 25.6 Å². The zero-order valence-corrected chi connectivity index (χ0v) is 11.8. The van der Waals surface area contributed by atoms with Crippen molar-refractivity contribution in [3.8, 4) is 0 Å². The summed E-state index contributed by atoms with van der Waals surface area (Å²) in [5.41, 5.74) is 0. The Morgan fingerprint density at radius 3 is 3.11 bits per heavy atom. The van der Waals surface area contributed by atoms with Gasteiger partial charge in [0.25, 0.3) is 0 Å². The molecule has 19 heavy (non-hydrogen) atoms. The Kier molecular flexibility index (Phi) is 5.16. The summed E-state index contributed by atoms with van der Waals surface area (Å²) in [4.78, 5) is 4.08. The van der Waals surface area contributed by atoms with Gasteiger partial charge >= 0.3 is 0 Å². The molecule has 2 unspecified atom stereocenters. The fourth-order valence-corrected chi connectivity index (χ4v) is 2.51. The van der Waals surface area contributed by atoms with Gasteiger partial charge in [-0.1, -0.05) is 25.8 Å². The minimum absolute atomic E-state index is 0.141. The molecule has 4 heteroatoms. The molecule has 0 aliphatic carbocycles. The highest BCUT2D eigenvalue weighted by molar-refractivity contribution is 4.86. The number of hydrogen-bond acceptors (Lipinski definition) is 3. The highest BCUT2D eigenvalue weighted by Gasteiger charge is 2.40. The Morgan fingerprint density at radius 1 is 1.53 bits per heavy atom. The Labute approximate surface area is 115 Å². The van der Waals surface area contributed by atoms with E-state index in [2.05, 4.69) is 18.5 Å². The van der Waals surface area contributed by atoms with Crippen molar-refractivity contribution < 1.29 is 9.47 Å². The lowest BCUT2D eigenvalue weighted by Gasteiger charge is -2.28. The highest BCUT2D eigenvalue weighted by atomic mass is 16.7. The first-order valence-corrected chi connectivity index (χ1v) is 7.16. The summed E-state index contributed by atoms with van der Waals surface area (Å²) in [6.45, 7) is 7.35. The monoisotopic (exact) mass is 264 g/mol. The van der Waals surface area contributed by atoms with Crippen LogP contribution in [-0.2, 0) is 16.0 Å². The van der Waals surface area contributed by atoms with E-state index in [1.807, 2.05) is 23.2 Å². The van der Waals surface area contributed by atoms with Crippen molar-refractivity contribution in [3.63, 3.8) is 0 Å². The van der Waals surface area contributed by atoms with Crippen LogP contribution in [-0.4, -0.2) is 28.0 Å². The second-order valence-corrected chi connectivity index (χ2v) is 5.18.